The monoisotopic (exact) mass is 365 g/mol. The van der Waals surface area contributed by atoms with Crippen molar-refractivity contribution in [1.82, 2.24) is 4.90 Å². The summed E-state index contributed by atoms with van der Waals surface area (Å²) in [5, 5.41) is 7.88. The maximum atomic E-state index is 13.6. The third-order valence-corrected chi connectivity index (χ3v) is 4.88. The highest BCUT2D eigenvalue weighted by Gasteiger charge is 2.28. The first-order valence-electron chi connectivity index (χ1n) is 7.88. The smallest absolute Gasteiger partial charge is 0.322 e. The van der Waals surface area contributed by atoms with Gasteiger partial charge in [0.2, 0.25) is 5.91 Å². The molecule has 0 spiro atoms. The Bertz CT molecular complexity index is 759. The van der Waals surface area contributed by atoms with E-state index in [0.717, 1.165) is 23.2 Å². The SMILES string of the molecule is O=C(Nc1cc(F)ccc1F)C1CCN(C(=O)Nc2cccs2)CC1. The molecule has 0 unspecified atom stereocenters. The van der Waals surface area contributed by atoms with Gasteiger partial charge in [0.25, 0.3) is 0 Å². The number of hydrogen-bond donors (Lipinski definition) is 2. The van der Waals surface area contributed by atoms with Crippen molar-refractivity contribution in [1.29, 1.82) is 0 Å². The molecule has 1 aromatic carbocycles. The van der Waals surface area contributed by atoms with E-state index in [1.807, 2.05) is 17.5 Å². The largest absolute Gasteiger partial charge is 0.324 e. The molecule has 8 heteroatoms. The number of carbonyl (C=O) groups is 2. The number of anilines is 2. The van der Waals surface area contributed by atoms with Gasteiger partial charge in [-0.1, -0.05) is 0 Å². The van der Waals surface area contributed by atoms with Crippen LogP contribution >= 0.6 is 11.3 Å². The Kier molecular flexibility index (Phi) is 5.28. The quantitative estimate of drug-likeness (QED) is 0.866. The number of nitrogens with one attached hydrogen (secondary N) is 2. The van der Waals surface area contributed by atoms with Crippen LogP contribution in [-0.4, -0.2) is 29.9 Å². The van der Waals surface area contributed by atoms with Crippen LogP contribution in [0.5, 0.6) is 0 Å². The summed E-state index contributed by atoms with van der Waals surface area (Å²) < 4.78 is 26.8. The van der Waals surface area contributed by atoms with Crippen molar-refractivity contribution in [3.63, 3.8) is 0 Å². The van der Waals surface area contributed by atoms with Crippen LogP contribution < -0.4 is 10.6 Å². The van der Waals surface area contributed by atoms with E-state index in [1.54, 1.807) is 4.90 Å². The molecular formula is C17H17F2N3O2S. The number of amides is 3. The first kappa shape index (κ1) is 17.3. The summed E-state index contributed by atoms with van der Waals surface area (Å²) >= 11 is 1.44. The summed E-state index contributed by atoms with van der Waals surface area (Å²) in [6.07, 6.45) is 0.946. The first-order valence-corrected chi connectivity index (χ1v) is 8.76. The molecule has 2 aromatic rings. The van der Waals surface area contributed by atoms with Crippen molar-refractivity contribution in [2.45, 2.75) is 12.8 Å². The van der Waals surface area contributed by atoms with Gasteiger partial charge in [-0.3, -0.25) is 10.1 Å². The number of likely N-dealkylation sites (tertiary alicyclic amines) is 1. The molecule has 2 N–H and O–H groups in total. The van der Waals surface area contributed by atoms with Gasteiger partial charge in [0.15, 0.2) is 0 Å². The van der Waals surface area contributed by atoms with Crippen LogP contribution in [0.4, 0.5) is 24.3 Å². The van der Waals surface area contributed by atoms with Crippen LogP contribution in [0.3, 0.4) is 0 Å². The van der Waals surface area contributed by atoms with E-state index in [1.165, 1.54) is 11.3 Å². The molecule has 132 valence electrons. The Hall–Kier alpha value is -2.48. The number of benzene rings is 1. The molecule has 1 aliphatic heterocycles. The van der Waals surface area contributed by atoms with Gasteiger partial charge in [0, 0.05) is 25.1 Å². The summed E-state index contributed by atoms with van der Waals surface area (Å²) in [5.41, 5.74) is -0.164. The molecule has 1 saturated heterocycles. The molecule has 5 nitrogen and oxygen atoms in total. The third kappa shape index (κ3) is 4.33. The van der Waals surface area contributed by atoms with Gasteiger partial charge >= 0.3 is 6.03 Å². The molecule has 0 bridgehead atoms. The normalized spacial score (nSPS) is 15.0. The number of piperidine rings is 1. The molecule has 1 aromatic heterocycles. The average Bonchev–Trinajstić information content (AvgIpc) is 3.11. The number of thiophene rings is 1. The highest BCUT2D eigenvalue weighted by Crippen LogP contribution is 2.23. The Labute approximate surface area is 147 Å². The molecule has 0 radical (unpaired) electrons. The number of carbonyl (C=O) groups excluding carboxylic acids is 2. The van der Waals surface area contributed by atoms with Gasteiger partial charge in [0.1, 0.15) is 11.6 Å². The molecule has 1 aliphatic rings. The summed E-state index contributed by atoms with van der Waals surface area (Å²) in [7, 11) is 0. The Morgan fingerprint density at radius 3 is 2.56 bits per heavy atom. The second-order valence-corrected chi connectivity index (χ2v) is 6.73. The van der Waals surface area contributed by atoms with Crippen molar-refractivity contribution in [3.05, 3.63) is 47.3 Å². The van der Waals surface area contributed by atoms with E-state index in [0.29, 0.717) is 25.9 Å². The van der Waals surface area contributed by atoms with Crippen LogP contribution in [0.15, 0.2) is 35.7 Å². The number of nitrogens with zero attached hydrogens (tertiary/aromatic N) is 1. The van der Waals surface area contributed by atoms with Crippen LogP contribution in [0.25, 0.3) is 0 Å². The lowest BCUT2D eigenvalue weighted by atomic mass is 9.96. The van der Waals surface area contributed by atoms with Crippen LogP contribution in [0.2, 0.25) is 0 Å². The number of halogens is 2. The highest BCUT2D eigenvalue weighted by molar-refractivity contribution is 7.14. The van der Waals surface area contributed by atoms with Gasteiger partial charge in [-0.15, -0.1) is 11.3 Å². The molecule has 3 rings (SSSR count). The lowest BCUT2D eigenvalue weighted by Gasteiger charge is -2.31. The number of urea groups is 1. The molecule has 3 amide bonds. The third-order valence-electron chi connectivity index (χ3n) is 4.09. The fraction of sp³-hybridized carbons (Fsp3) is 0.294. The minimum absolute atomic E-state index is 0.164. The molecule has 1 fully saturated rings. The summed E-state index contributed by atoms with van der Waals surface area (Å²) in [4.78, 5) is 26.0. The lowest BCUT2D eigenvalue weighted by molar-refractivity contribution is -0.121. The lowest BCUT2D eigenvalue weighted by Crippen LogP contribution is -2.43. The fourth-order valence-corrected chi connectivity index (χ4v) is 3.31. The number of rotatable bonds is 3. The number of hydrogen-bond acceptors (Lipinski definition) is 3. The minimum atomic E-state index is -0.678. The molecule has 25 heavy (non-hydrogen) atoms. The van der Waals surface area contributed by atoms with Crippen LogP contribution in [0, 0.1) is 17.6 Å². The zero-order valence-electron chi connectivity index (χ0n) is 13.3. The van der Waals surface area contributed by atoms with E-state index in [4.69, 9.17) is 0 Å². The summed E-state index contributed by atoms with van der Waals surface area (Å²) in [6.45, 7) is 0.863. The van der Waals surface area contributed by atoms with Gasteiger partial charge in [-0.05, 0) is 42.5 Å². The van der Waals surface area contributed by atoms with Crippen molar-refractivity contribution in [2.24, 2.45) is 5.92 Å². The zero-order chi connectivity index (χ0) is 17.8. The zero-order valence-corrected chi connectivity index (χ0v) is 14.1. The molecule has 2 heterocycles. The molecular weight excluding hydrogens is 348 g/mol. The fourth-order valence-electron chi connectivity index (χ4n) is 2.71. The molecule has 0 saturated carbocycles. The highest BCUT2D eigenvalue weighted by atomic mass is 32.1. The second kappa shape index (κ2) is 7.60. The maximum Gasteiger partial charge on any atom is 0.322 e. The molecule has 0 atom stereocenters. The van der Waals surface area contributed by atoms with Crippen molar-refractivity contribution < 1.29 is 18.4 Å². The summed E-state index contributed by atoms with van der Waals surface area (Å²) in [6, 6.07) is 6.39. The van der Waals surface area contributed by atoms with E-state index in [-0.39, 0.29) is 23.5 Å². The Morgan fingerprint density at radius 1 is 1.12 bits per heavy atom. The van der Waals surface area contributed by atoms with Gasteiger partial charge in [0.05, 0.1) is 10.7 Å². The van der Waals surface area contributed by atoms with E-state index in [2.05, 4.69) is 10.6 Å². The van der Waals surface area contributed by atoms with Gasteiger partial charge in [-0.2, -0.15) is 0 Å². The Morgan fingerprint density at radius 2 is 1.88 bits per heavy atom. The predicted molar refractivity (Wildman–Crippen MR) is 92.6 cm³/mol. The minimum Gasteiger partial charge on any atom is -0.324 e. The van der Waals surface area contributed by atoms with Crippen molar-refractivity contribution in [2.75, 3.05) is 23.7 Å². The Balaban J connectivity index is 1.52. The standard InChI is InChI=1S/C17H17F2N3O2S/c18-12-3-4-13(19)14(10-12)20-16(23)11-5-7-22(8-6-11)17(24)21-15-2-1-9-25-15/h1-4,9-11H,5-8H2,(H,20,23)(H,21,24). The summed E-state index contributed by atoms with van der Waals surface area (Å²) in [5.74, 6) is -1.99. The maximum absolute atomic E-state index is 13.6. The van der Waals surface area contributed by atoms with Crippen LogP contribution in [0.1, 0.15) is 12.8 Å². The van der Waals surface area contributed by atoms with Gasteiger partial charge < -0.3 is 10.2 Å². The topological polar surface area (TPSA) is 61.4 Å². The predicted octanol–water partition coefficient (Wildman–Crippen LogP) is 3.91. The van der Waals surface area contributed by atoms with E-state index in [9.17, 15) is 18.4 Å². The van der Waals surface area contributed by atoms with Gasteiger partial charge in [-0.25, -0.2) is 13.6 Å². The van der Waals surface area contributed by atoms with Crippen molar-refractivity contribution in [3.8, 4) is 0 Å². The average molecular weight is 365 g/mol. The molecule has 0 aliphatic carbocycles. The van der Waals surface area contributed by atoms with Crippen molar-refractivity contribution >= 4 is 34.0 Å². The van der Waals surface area contributed by atoms with E-state index < -0.39 is 11.6 Å². The second-order valence-electron chi connectivity index (χ2n) is 5.78. The van der Waals surface area contributed by atoms with E-state index >= 15 is 0 Å². The van der Waals surface area contributed by atoms with Crippen LogP contribution in [-0.2, 0) is 4.79 Å². The first-order chi connectivity index (χ1) is 12.0.